The lowest BCUT2D eigenvalue weighted by Gasteiger charge is -2.34. The first-order valence-corrected chi connectivity index (χ1v) is 12.2. The van der Waals surface area contributed by atoms with Crippen molar-refractivity contribution in [2.45, 2.75) is 65.5 Å². The van der Waals surface area contributed by atoms with Crippen molar-refractivity contribution >= 4 is 40.1 Å². The van der Waals surface area contributed by atoms with Gasteiger partial charge >= 0.3 is 0 Å². The molecule has 2 aromatic rings. The Morgan fingerprint density at radius 1 is 1.23 bits per heavy atom. The number of benzene rings is 1. The van der Waals surface area contributed by atoms with E-state index in [1.165, 1.54) is 11.3 Å². The van der Waals surface area contributed by atoms with E-state index in [0.29, 0.717) is 10.7 Å². The van der Waals surface area contributed by atoms with Crippen molar-refractivity contribution in [3.8, 4) is 0 Å². The maximum absolute atomic E-state index is 13.4. The Kier molecular flexibility index (Phi) is 9.79. The Hall–Kier alpha value is -2.11. The molecule has 0 spiro atoms. The Morgan fingerprint density at radius 2 is 1.87 bits per heavy atom. The highest BCUT2D eigenvalue weighted by atomic mass is 35.5. The van der Waals surface area contributed by atoms with Gasteiger partial charge in [0, 0.05) is 36.3 Å². The second-order valence-corrected chi connectivity index (χ2v) is 9.19. The summed E-state index contributed by atoms with van der Waals surface area (Å²) < 4.78 is 0. The molecule has 1 aromatic heterocycles. The van der Waals surface area contributed by atoms with Gasteiger partial charge in [-0.1, -0.05) is 63.1 Å². The Bertz CT molecular complexity index is 900. The van der Waals surface area contributed by atoms with Crippen LogP contribution in [0.25, 0.3) is 5.57 Å². The molecule has 0 radical (unpaired) electrons. The zero-order valence-electron chi connectivity index (χ0n) is 19.3. The zero-order valence-corrected chi connectivity index (χ0v) is 20.8. The van der Waals surface area contributed by atoms with Gasteiger partial charge in [-0.15, -0.1) is 11.3 Å². The van der Waals surface area contributed by atoms with Gasteiger partial charge in [0.05, 0.1) is 10.7 Å². The number of nitrogens with zero attached hydrogens (tertiary/aromatic N) is 3. The van der Waals surface area contributed by atoms with E-state index in [9.17, 15) is 4.79 Å². The van der Waals surface area contributed by atoms with Crippen molar-refractivity contribution in [1.29, 1.82) is 0 Å². The largest absolute Gasteiger partial charge is 0.349 e. The minimum Gasteiger partial charge on any atom is -0.349 e. The molecule has 0 fully saturated rings. The summed E-state index contributed by atoms with van der Waals surface area (Å²) in [5, 5.41) is 3.29. The number of halogens is 1. The van der Waals surface area contributed by atoms with E-state index in [0.717, 1.165) is 42.0 Å². The van der Waals surface area contributed by atoms with Gasteiger partial charge in [-0.05, 0) is 38.8 Å². The number of aromatic nitrogens is 1. The molecule has 1 heterocycles. The van der Waals surface area contributed by atoms with Crippen LogP contribution in [0.3, 0.4) is 0 Å². The fourth-order valence-electron chi connectivity index (χ4n) is 3.76. The van der Waals surface area contributed by atoms with E-state index >= 15 is 0 Å². The topological polar surface area (TPSA) is 36.4 Å². The molecule has 0 atom stereocenters. The van der Waals surface area contributed by atoms with Gasteiger partial charge < -0.3 is 9.80 Å². The van der Waals surface area contributed by atoms with Gasteiger partial charge in [-0.3, -0.25) is 4.79 Å². The molecule has 1 aromatic carbocycles. The number of para-hydroxylation sites is 1. The van der Waals surface area contributed by atoms with Crippen molar-refractivity contribution in [3.05, 3.63) is 64.2 Å². The average Bonchev–Trinajstić information content (AvgIpc) is 3.22. The van der Waals surface area contributed by atoms with E-state index in [2.05, 4.69) is 39.3 Å². The van der Waals surface area contributed by atoms with Gasteiger partial charge in [0.1, 0.15) is 10.7 Å². The van der Waals surface area contributed by atoms with Crippen LogP contribution in [0.1, 0.15) is 68.9 Å². The number of hydrogen-bond acceptors (Lipinski definition) is 4. The Morgan fingerprint density at radius 3 is 2.42 bits per heavy atom. The third kappa shape index (κ3) is 6.44. The van der Waals surface area contributed by atoms with Crippen molar-refractivity contribution < 1.29 is 4.79 Å². The molecule has 0 N–H and O–H groups in total. The van der Waals surface area contributed by atoms with Gasteiger partial charge in [0.2, 0.25) is 0 Å². The third-order valence-corrected chi connectivity index (χ3v) is 6.39. The van der Waals surface area contributed by atoms with E-state index in [1.807, 2.05) is 52.7 Å². The van der Waals surface area contributed by atoms with Crippen LogP contribution >= 0.6 is 22.9 Å². The van der Waals surface area contributed by atoms with Crippen LogP contribution < -0.4 is 4.90 Å². The predicted molar refractivity (Wildman–Crippen MR) is 135 cm³/mol. The molecular formula is C25H34ClN3OS. The summed E-state index contributed by atoms with van der Waals surface area (Å²) in [4.78, 5) is 22.0. The number of hydrogen-bond donors (Lipinski definition) is 0. The normalized spacial score (nSPS) is 11.8. The van der Waals surface area contributed by atoms with Crippen molar-refractivity contribution in [1.82, 2.24) is 9.88 Å². The monoisotopic (exact) mass is 459 g/mol. The number of thiazole rings is 1. The second kappa shape index (κ2) is 12.1. The molecule has 6 heteroatoms. The van der Waals surface area contributed by atoms with E-state index < -0.39 is 0 Å². The number of carbonyl (C=O) groups is 1. The third-order valence-electron chi connectivity index (χ3n) is 5.18. The number of amides is 1. The van der Waals surface area contributed by atoms with Gasteiger partial charge in [-0.25, -0.2) is 4.98 Å². The van der Waals surface area contributed by atoms with Gasteiger partial charge in [-0.2, -0.15) is 0 Å². The van der Waals surface area contributed by atoms with Crippen LogP contribution in [0.2, 0.25) is 5.02 Å². The lowest BCUT2D eigenvalue weighted by atomic mass is 10.0. The lowest BCUT2D eigenvalue weighted by Crippen LogP contribution is -2.45. The first-order valence-electron chi connectivity index (χ1n) is 10.9. The van der Waals surface area contributed by atoms with Crippen LogP contribution in [0.4, 0.5) is 5.69 Å². The maximum atomic E-state index is 13.4. The van der Waals surface area contributed by atoms with Crippen LogP contribution in [0.5, 0.6) is 0 Å². The SMILES string of the molecule is C=C/C(=C\N(C)c1ccccc1Cl)c1nc(C(=O)N(C(C)C)C(CCC)CCC)cs1. The molecule has 2 rings (SSSR count). The Balaban J connectivity index is 2.31. The number of rotatable bonds is 11. The van der Waals surface area contributed by atoms with Crippen LogP contribution in [0, 0.1) is 0 Å². The summed E-state index contributed by atoms with van der Waals surface area (Å²) in [5.74, 6) is 0.00673. The number of carbonyl (C=O) groups excluding carboxylic acids is 1. The van der Waals surface area contributed by atoms with Crippen LogP contribution in [-0.2, 0) is 0 Å². The van der Waals surface area contributed by atoms with Crippen LogP contribution in [0.15, 0.2) is 48.5 Å². The zero-order chi connectivity index (χ0) is 23.0. The fraction of sp³-hybridized carbons (Fsp3) is 0.440. The molecule has 1 amide bonds. The van der Waals surface area contributed by atoms with Gasteiger partial charge in [0.25, 0.3) is 5.91 Å². The van der Waals surface area contributed by atoms with E-state index in [1.54, 1.807) is 6.08 Å². The molecule has 0 aliphatic rings. The first kappa shape index (κ1) is 25.2. The lowest BCUT2D eigenvalue weighted by molar-refractivity contribution is 0.0576. The fourth-order valence-corrected chi connectivity index (χ4v) is 4.83. The molecule has 31 heavy (non-hydrogen) atoms. The quantitative estimate of drug-likeness (QED) is 0.331. The number of allylic oxidation sites excluding steroid dienone is 2. The summed E-state index contributed by atoms with van der Waals surface area (Å²) in [5.41, 5.74) is 2.24. The molecule has 0 saturated heterocycles. The Labute approximate surface area is 196 Å². The van der Waals surface area contributed by atoms with Crippen molar-refractivity contribution in [2.24, 2.45) is 0 Å². The summed E-state index contributed by atoms with van der Waals surface area (Å²) in [6.45, 7) is 12.4. The van der Waals surface area contributed by atoms with E-state index in [4.69, 9.17) is 11.6 Å². The first-order chi connectivity index (χ1) is 14.8. The smallest absolute Gasteiger partial charge is 0.273 e. The summed E-state index contributed by atoms with van der Waals surface area (Å²) in [6, 6.07) is 8.04. The predicted octanol–water partition coefficient (Wildman–Crippen LogP) is 7.28. The molecule has 4 nitrogen and oxygen atoms in total. The van der Waals surface area contributed by atoms with E-state index in [-0.39, 0.29) is 18.0 Å². The highest BCUT2D eigenvalue weighted by Gasteiger charge is 2.28. The summed E-state index contributed by atoms with van der Waals surface area (Å²) in [6.07, 6.45) is 7.84. The average molecular weight is 460 g/mol. The molecule has 0 saturated carbocycles. The van der Waals surface area contributed by atoms with Gasteiger partial charge in [0.15, 0.2) is 0 Å². The highest BCUT2D eigenvalue weighted by molar-refractivity contribution is 7.11. The molecule has 0 aliphatic carbocycles. The minimum absolute atomic E-state index is 0.00673. The maximum Gasteiger partial charge on any atom is 0.273 e. The molecule has 0 unspecified atom stereocenters. The molecular weight excluding hydrogens is 426 g/mol. The second-order valence-electron chi connectivity index (χ2n) is 7.93. The van der Waals surface area contributed by atoms with Crippen molar-refractivity contribution in [3.63, 3.8) is 0 Å². The summed E-state index contributed by atoms with van der Waals surface area (Å²) in [7, 11) is 1.94. The summed E-state index contributed by atoms with van der Waals surface area (Å²) >= 11 is 7.78. The van der Waals surface area contributed by atoms with Crippen LogP contribution in [-0.4, -0.2) is 34.9 Å². The molecule has 0 aliphatic heterocycles. The molecule has 0 bridgehead atoms. The minimum atomic E-state index is 0.00673. The molecule has 168 valence electrons. The van der Waals surface area contributed by atoms with Crippen molar-refractivity contribution in [2.75, 3.05) is 11.9 Å². The highest BCUT2D eigenvalue weighted by Crippen LogP contribution is 2.28. The number of anilines is 1. The standard InChI is InChI=1S/C25H34ClN3OS/c1-7-12-20(13-8-2)29(18(4)5)25(30)22-17-31-24(27-22)19(9-3)16-28(6)23-15-11-10-14-21(23)26/h9-11,14-18,20H,3,7-8,12-13H2,1-2,4-6H3/b19-16+.